The van der Waals surface area contributed by atoms with Gasteiger partial charge in [0.15, 0.2) is 0 Å². The molecular formula is C8H12S. The SMILES string of the molecule is CSC1=CC(C)=CC1C. The van der Waals surface area contributed by atoms with Gasteiger partial charge in [0, 0.05) is 5.92 Å². The van der Waals surface area contributed by atoms with Crippen molar-refractivity contribution in [3.05, 3.63) is 22.6 Å². The number of hydrogen-bond donors (Lipinski definition) is 0. The number of thioether (sulfide) groups is 1. The quantitative estimate of drug-likeness (QED) is 0.539. The Labute approximate surface area is 61.0 Å². The second kappa shape index (κ2) is 2.61. The Morgan fingerprint density at radius 3 is 2.44 bits per heavy atom. The lowest BCUT2D eigenvalue weighted by atomic mass is 10.2. The second-order valence-corrected chi connectivity index (χ2v) is 3.33. The number of rotatable bonds is 1. The summed E-state index contributed by atoms with van der Waals surface area (Å²) in [5.41, 5.74) is 1.41. The average molecular weight is 140 g/mol. The molecule has 0 radical (unpaired) electrons. The summed E-state index contributed by atoms with van der Waals surface area (Å²) in [5.74, 6) is 0.667. The highest BCUT2D eigenvalue weighted by Crippen LogP contribution is 2.30. The fourth-order valence-corrected chi connectivity index (χ4v) is 1.87. The largest absolute Gasteiger partial charge is 0.133 e. The first-order valence-corrected chi connectivity index (χ1v) is 4.40. The van der Waals surface area contributed by atoms with Gasteiger partial charge in [0.05, 0.1) is 0 Å². The Balaban J connectivity index is 2.70. The van der Waals surface area contributed by atoms with Gasteiger partial charge in [0.1, 0.15) is 0 Å². The molecule has 1 atom stereocenters. The van der Waals surface area contributed by atoms with Gasteiger partial charge in [-0.3, -0.25) is 0 Å². The van der Waals surface area contributed by atoms with Crippen molar-refractivity contribution in [1.82, 2.24) is 0 Å². The van der Waals surface area contributed by atoms with Crippen molar-refractivity contribution >= 4 is 11.8 Å². The van der Waals surface area contributed by atoms with Crippen molar-refractivity contribution in [2.24, 2.45) is 5.92 Å². The molecule has 1 rings (SSSR count). The van der Waals surface area contributed by atoms with E-state index in [-0.39, 0.29) is 0 Å². The zero-order chi connectivity index (χ0) is 6.85. The summed E-state index contributed by atoms with van der Waals surface area (Å²) >= 11 is 1.85. The lowest BCUT2D eigenvalue weighted by Crippen LogP contribution is -1.84. The Hall–Kier alpha value is -0.170. The Morgan fingerprint density at radius 1 is 1.56 bits per heavy atom. The predicted octanol–water partition coefficient (Wildman–Crippen LogP) is 2.83. The smallest absolute Gasteiger partial charge is 0.00552 e. The van der Waals surface area contributed by atoms with Gasteiger partial charge in [0.2, 0.25) is 0 Å². The standard InChI is InChI=1S/C8H12S/c1-6-4-7(2)8(5-6)9-3/h4-5,7H,1-3H3. The summed E-state index contributed by atoms with van der Waals surface area (Å²) in [6.45, 7) is 4.39. The van der Waals surface area contributed by atoms with Gasteiger partial charge in [-0.15, -0.1) is 11.8 Å². The molecule has 50 valence electrons. The van der Waals surface area contributed by atoms with Crippen LogP contribution in [0.2, 0.25) is 0 Å². The minimum atomic E-state index is 0.667. The third-order valence-electron chi connectivity index (χ3n) is 1.57. The first kappa shape index (κ1) is 6.94. The molecule has 0 saturated carbocycles. The molecule has 1 aliphatic carbocycles. The monoisotopic (exact) mass is 140 g/mol. The van der Waals surface area contributed by atoms with E-state index in [0.29, 0.717) is 5.92 Å². The maximum absolute atomic E-state index is 2.30. The first-order chi connectivity index (χ1) is 4.24. The van der Waals surface area contributed by atoms with Crippen molar-refractivity contribution in [3.8, 4) is 0 Å². The summed E-state index contributed by atoms with van der Waals surface area (Å²) in [6.07, 6.45) is 6.69. The molecule has 0 aliphatic heterocycles. The Bertz CT molecular complexity index is 165. The maximum atomic E-state index is 2.30. The topological polar surface area (TPSA) is 0 Å². The molecule has 0 fully saturated rings. The van der Waals surface area contributed by atoms with Crippen LogP contribution in [-0.4, -0.2) is 6.26 Å². The van der Waals surface area contributed by atoms with Crippen LogP contribution in [0.15, 0.2) is 22.6 Å². The molecule has 0 amide bonds. The van der Waals surface area contributed by atoms with Crippen molar-refractivity contribution in [1.29, 1.82) is 0 Å². The van der Waals surface area contributed by atoms with Gasteiger partial charge in [-0.05, 0) is 24.2 Å². The van der Waals surface area contributed by atoms with E-state index in [4.69, 9.17) is 0 Å². The summed E-state index contributed by atoms with van der Waals surface area (Å²) in [7, 11) is 0. The third-order valence-corrected chi connectivity index (χ3v) is 2.53. The van der Waals surface area contributed by atoms with Crippen molar-refractivity contribution < 1.29 is 0 Å². The molecule has 0 aromatic heterocycles. The average Bonchev–Trinajstić information content (AvgIpc) is 2.10. The summed E-state index contributed by atoms with van der Waals surface area (Å²) in [4.78, 5) is 1.49. The molecule has 0 aromatic carbocycles. The minimum Gasteiger partial charge on any atom is -0.133 e. The van der Waals surface area contributed by atoms with Gasteiger partial charge in [-0.2, -0.15) is 0 Å². The van der Waals surface area contributed by atoms with Crippen molar-refractivity contribution in [2.75, 3.05) is 6.26 Å². The minimum absolute atomic E-state index is 0.667. The lowest BCUT2D eigenvalue weighted by Gasteiger charge is -2.01. The normalized spacial score (nSPS) is 25.9. The Kier molecular flexibility index (Phi) is 2.01. The van der Waals surface area contributed by atoms with Gasteiger partial charge in [-0.25, -0.2) is 0 Å². The molecule has 1 aliphatic rings. The van der Waals surface area contributed by atoms with Crippen LogP contribution < -0.4 is 0 Å². The van der Waals surface area contributed by atoms with Gasteiger partial charge in [-0.1, -0.05) is 18.6 Å². The van der Waals surface area contributed by atoms with E-state index in [1.165, 1.54) is 10.5 Å². The molecule has 0 nitrogen and oxygen atoms in total. The molecule has 0 bridgehead atoms. The highest BCUT2D eigenvalue weighted by Gasteiger charge is 2.09. The number of allylic oxidation sites excluding steroid dienone is 4. The summed E-state index contributed by atoms with van der Waals surface area (Å²) in [6, 6.07) is 0. The van der Waals surface area contributed by atoms with E-state index >= 15 is 0 Å². The highest BCUT2D eigenvalue weighted by atomic mass is 32.2. The van der Waals surface area contributed by atoms with Crippen LogP contribution >= 0.6 is 11.8 Å². The third kappa shape index (κ3) is 1.39. The second-order valence-electron chi connectivity index (χ2n) is 2.45. The van der Waals surface area contributed by atoms with Crippen LogP contribution in [0, 0.1) is 5.92 Å². The van der Waals surface area contributed by atoms with E-state index in [1.54, 1.807) is 0 Å². The molecule has 1 unspecified atom stereocenters. The van der Waals surface area contributed by atoms with E-state index in [1.807, 2.05) is 11.8 Å². The summed E-state index contributed by atoms with van der Waals surface area (Å²) < 4.78 is 0. The molecule has 0 heterocycles. The van der Waals surface area contributed by atoms with Gasteiger partial charge < -0.3 is 0 Å². The van der Waals surface area contributed by atoms with E-state index in [9.17, 15) is 0 Å². The van der Waals surface area contributed by atoms with E-state index in [0.717, 1.165) is 0 Å². The number of hydrogen-bond acceptors (Lipinski definition) is 1. The molecule has 0 spiro atoms. The Morgan fingerprint density at radius 2 is 2.22 bits per heavy atom. The molecule has 1 heteroatoms. The molecule has 0 aromatic rings. The highest BCUT2D eigenvalue weighted by molar-refractivity contribution is 8.02. The van der Waals surface area contributed by atoms with Gasteiger partial charge in [0.25, 0.3) is 0 Å². The fourth-order valence-electron chi connectivity index (χ4n) is 1.13. The fraction of sp³-hybridized carbons (Fsp3) is 0.500. The molecule has 0 saturated heterocycles. The van der Waals surface area contributed by atoms with Crippen molar-refractivity contribution in [3.63, 3.8) is 0 Å². The van der Waals surface area contributed by atoms with Crippen molar-refractivity contribution in [2.45, 2.75) is 13.8 Å². The van der Waals surface area contributed by atoms with Gasteiger partial charge >= 0.3 is 0 Å². The maximum Gasteiger partial charge on any atom is 0.00552 e. The first-order valence-electron chi connectivity index (χ1n) is 3.18. The lowest BCUT2D eigenvalue weighted by molar-refractivity contribution is 0.939. The van der Waals surface area contributed by atoms with Crippen LogP contribution in [0.1, 0.15) is 13.8 Å². The van der Waals surface area contributed by atoms with E-state index in [2.05, 4.69) is 32.3 Å². The molecule has 9 heavy (non-hydrogen) atoms. The van der Waals surface area contributed by atoms with Crippen LogP contribution in [0.5, 0.6) is 0 Å². The molecular weight excluding hydrogens is 128 g/mol. The zero-order valence-electron chi connectivity index (χ0n) is 6.14. The van der Waals surface area contributed by atoms with Crippen LogP contribution in [0.3, 0.4) is 0 Å². The molecule has 0 N–H and O–H groups in total. The van der Waals surface area contributed by atoms with Crippen LogP contribution in [0.25, 0.3) is 0 Å². The summed E-state index contributed by atoms with van der Waals surface area (Å²) in [5, 5.41) is 0. The van der Waals surface area contributed by atoms with Crippen LogP contribution in [0.4, 0.5) is 0 Å². The predicted molar refractivity (Wildman–Crippen MR) is 44.5 cm³/mol. The zero-order valence-corrected chi connectivity index (χ0v) is 6.96. The van der Waals surface area contributed by atoms with E-state index < -0.39 is 0 Å². The van der Waals surface area contributed by atoms with Crippen LogP contribution in [-0.2, 0) is 0 Å².